The first-order valence-corrected chi connectivity index (χ1v) is 5.94. The van der Waals surface area contributed by atoms with E-state index in [0.29, 0.717) is 10.8 Å². The van der Waals surface area contributed by atoms with E-state index in [0.717, 1.165) is 6.42 Å². The molecule has 2 amide bonds. The van der Waals surface area contributed by atoms with Crippen LogP contribution in [0.3, 0.4) is 0 Å². The molecular formula is C10H15N3O2S. The number of carbonyl (C=O) groups is 2. The molecule has 0 aliphatic carbocycles. The molecule has 0 aliphatic rings. The minimum absolute atomic E-state index is 0.0384. The van der Waals surface area contributed by atoms with Crippen LogP contribution in [0.4, 0.5) is 5.13 Å². The number of nitrogens with one attached hydrogen (secondary N) is 1. The van der Waals surface area contributed by atoms with E-state index in [2.05, 4.69) is 10.3 Å². The van der Waals surface area contributed by atoms with E-state index in [1.165, 1.54) is 11.3 Å². The summed E-state index contributed by atoms with van der Waals surface area (Å²) in [6.45, 7) is 3.80. The molecule has 0 aliphatic heterocycles. The van der Waals surface area contributed by atoms with Gasteiger partial charge in [0.25, 0.3) is 0 Å². The molecule has 5 nitrogen and oxygen atoms in total. The molecule has 1 aromatic heterocycles. The molecule has 1 heterocycles. The summed E-state index contributed by atoms with van der Waals surface area (Å²) < 4.78 is 0. The highest BCUT2D eigenvalue weighted by molar-refractivity contribution is 7.13. The van der Waals surface area contributed by atoms with E-state index in [-0.39, 0.29) is 18.2 Å². The summed E-state index contributed by atoms with van der Waals surface area (Å²) in [6.07, 6.45) is 0.890. The van der Waals surface area contributed by atoms with E-state index in [1.807, 2.05) is 13.8 Å². The number of thiazole rings is 1. The summed E-state index contributed by atoms with van der Waals surface area (Å²) in [7, 11) is 0. The number of aromatic nitrogens is 1. The molecule has 0 fully saturated rings. The van der Waals surface area contributed by atoms with Gasteiger partial charge in [0, 0.05) is 11.3 Å². The van der Waals surface area contributed by atoms with Gasteiger partial charge < -0.3 is 11.1 Å². The van der Waals surface area contributed by atoms with Gasteiger partial charge in [-0.2, -0.15) is 0 Å². The van der Waals surface area contributed by atoms with Crippen LogP contribution in [-0.2, 0) is 16.0 Å². The standard InChI is InChI=1S/C10H15N3O2S/c1-3-6(2)9(15)13-10-12-7(5-16-10)4-8(11)14/h5-6H,3-4H2,1-2H3,(H2,11,14)(H,12,13,15). The van der Waals surface area contributed by atoms with Gasteiger partial charge >= 0.3 is 0 Å². The number of rotatable bonds is 5. The Hall–Kier alpha value is -1.43. The Bertz CT molecular complexity index is 389. The fourth-order valence-electron chi connectivity index (χ4n) is 1.04. The third-order valence-electron chi connectivity index (χ3n) is 2.20. The molecule has 1 atom stereocenters. The van der Waals surface area contributed by atoms with Crippen molar-refractivity contribution in [2.24, 2.45) is 11.7 Å². The smallest absolute Gasteiger partial charge is 0.228 e. The minimum Gasteiger partial charge on any atom is -0.369 e. The first-order valence-electron chi connectivity index (χ1n) is 5.06. The van der Waals surface area contributed by atoms with Crippen molar-refractivity contribution in [2.75, 3.05) is 5.32 Å². The summed E-state index contributed by atoms with van der Waals surface area (Å²) in [4.78, 5) is 26.3. The molecule has 88 valence electrons. The normalized spacial score (nSPS) is 12.1. The Morgan fingerprint density at radius 1 is 1.62 bits per heavy atom. The lowest BCUT2D eigenvalue weighted by atomic mass is 10.1. The number of hydrogen-bond acceptors (Lipinski definition) is 4. The number of hydrogen-bond donors (Lipinski definition) is 2. The van der Waals surface area contributed by atoms with Gasteiger partial charge in [-0.3, -0.25) is 9.59 Å². The maximum atomic E-state index is 11.5. The third kappa shape index (κ3) is 3.62. The molecule has 3 N–H and O–H groups in total. The molecule has 0 radical (unpaired) electrons. The van der Waals surface area contributed by atoms with E-state index in [1.54, 1.807) is 5.38 Å². The number of nitrogens with zero attached hydrogens (tertiary/aromatic N) is 1. The second-order valence-electron chi connectivity index (χ2n) is 3.59. The van der Waals surface area contributed by atoms with E-state index >= 15 is 0 Å². The highest BCUT2D eigenvalue weighted by atomic mass is 32.1. The van der Waals surface area contributed by atoms with Crippen LogP contribution in [-0.4, -0.2) is 16.8 Å². The first-order chi connectivity index (χ1) is 7.52. The zero-order valence-corrected chi connectivity index (χ0v) is 10.1. The van der Waals surface area contributed by atoms with Crippen molar-refractivity contribution in [2.45, 2.75) is 26.7 Å². The van der Waals surface area contributed by atoms with Crippen LogP contribution in [0.25, 0.3) is 0 Å². The van der Waals surface area contributed by atoms with Gasteiger partial charge in [-0.05, 0) is 6.42 Å². The molecule has 0 saturated heterocycles. The van der Waals surface area contributed by atoms with Gasteiger partial charge in [0.1, 0.15) is 0 Å². The van der Waals surface area contributed by atoms with Crippen molar-refractivity contribution in [3.63, 3.8) is 0 Å². The van der Waals surface area contributed by atoms with Crippen molar-refractivity contribution in [3.05, 3.63) is 11.1 Å². The molecule has 0 aromatic carbocycles. The Labute approximate surface area is 98.1 Å². The van der Waals surface area contributed by atoms with Gasteiger partial charge in [-0.15, -0.1) is 11.3 Å². The van der Waals surface area contributed by atoms with Crippen LogP contribution in [0.15, 0.2) is 5.38 Å². The van der Waals surface area contributed by atoms with E-state index in [4.69, 9.17) is 5.73 Å². The highest BCUT2D eigenvalue weighted by Gasteiger charge is 2.12. The number of amides is 2. The quantitative estimate of drug-likeness (QED) is 0.811. The number of primary amides is 1. The largest absolute Gasteiger partial charge is 0.369 e. The second-order valence-corrected chi connectivity index (χ2v) is 4.44. The van der Waals surface area contributed by atoms with Crippen LogP contribution in [0.5, 0.6) is 0 Å². The monoisotopic (exact) mass is 241 g/mol. The number of nitrogens with two attached hydrogens (primary N) is 1. The van der Waals surface area contributed by atoms with Crippen molar-refractivity contribution < 1.29 is 9.59 Å². The van der Waals surface area contributed by atoms with Gasteiger partial charge in [0.05, 0.1) is 12.1 Å². The Morgan fingerprint density at radius 3 is 2.88 bits per heavy atom. The van der Waals surface area contributed by atoms with Gasteiger partial charge in [-0.1, -0.05) is 13.8 Å². The fraction of sp³-hybridized carbons (Fsp3) is 0.500. The SMILES string of the molecule is CCC(C)C(=O)Nc1nc(CC(N)=O)cs1. The van der Waals surface area contributed by atoms with Crippen LogP contribution < -0.4 is 11.1 Å². The maximum absolute atomic E-state index is 11.5. The lowest BCUT2D eigenvalue weighted by Gasteiger charge is -2.06. The zero-order valence-electron chi connectivity index (χ0n) is 9.32. The predicted molar refractivity (Wildman–Crippen MR) is 63.1 cm³/mol. The van der Waals surface area contributed by atoms with Crippen LogP contribution in [0.2, 0.25) is 0 Å². The Kier molecular flexibility index (Phi) is 4.42. The summed E-state index contributed by atoms with van der Waals surface area (Å²) in [5.41, 5.74) is 5.64. The van der Waals surface area contributed by atoms with E-state index < -0.39 is 5.91 Å². The van der Waals surface area contributed by atoms with Crippen molar-refractivity contribution in [3.8, 4) is 0 Å². The number of carbonyl (C=O) groups excluding carboxylic acids is 2. The summed E-state index contributed by atoms with van der Waals surface area (Å²) in [6, 6.07) is 0. The summed E-state index contributed by atoms with van der Waals surface area (Å²) in [5.74, 6) is -0.518. The first kappa shape index (κ1) is 12.6. The topological polar surface area (TPSA) is 85.1 Å². The van der Waals surface area contributed by atoms with Crippen LogP contribution in [0.1, 0.15) is 26.0 Å². The zero-order chi connectivity index (χ0) is 12.1. The highest BCUT2D eigenvalue weighted by Crippen LogP contribution is 2.17. The second kappa shape index (κ2) is 5.60. The molecule has 1 unspecified atom stereocenters. The van der Waals surface area contributed by atoms with Gasteiger partial charge in [0.2, 0.25) is 11.8 Å². The Balaban J connectivity index is 2.58. The summed E-state index contributed by atoms with van der Waals surface area (Å²) in [5, 5.41) is 4.94. The Morgan fingerprint density at radius 2 is 2.31 bits per heavy atom. The molecule has 16 heavy (non-hydrogen) atoms. The number of anilines is 1. The van der Waals surface area contributed by atoms with Crippen molar-refractivity contribution >= 4 is 28.3 Å². The molecule has 0 saturated carbocycles. The predicted octanol–water partition coefficient (Wildman–Crippen LogP) is 1.16. The molecule has 6 heteroatoms. The lowest BCUT2D eigenvalue weighted by Crippen LogP contribution is -2.19. The average Bonchev–Trinajstić information content (AvgIpc) is 2.63. The molecule has 0 bridgehead atoms. The molecule has 1 rings (SSSR count). The average molecular weight is 241 g/mol. The fourth-order valence-corrected chi connectivity index (χ4v) is 1.75. The lowest BCUT2D eigenvalue weighted by molar-refractivity contribution is -0.119. The van der Waals surface area contributed by atoms with Crippen molar-refractivity contribution in [1.29, 1.82) is 0 Å². The van der Waals surface area contributed by atoms with Crippen molar-refractivity contribution in [1.82, 2.24) is 4.98 Å². The molecule has 1 aromatic rings. The van der Waals surface area contributed by atoms with Crippen LogP contribution in [0, 0.1) is 5.92 Å². The van der Waals surface area contributed by atoms with Gasteiger partial charge in [0.15, 0.2) is 5.13 Å². The minimum atomic E-state index is -0.426. The summed E-state index contributed by atoms with van der Waals surface area (Å²) >= 11 is 1.30. The maximum Gasteiger partial charge on any atom is 0.228 e. The molecule has 0 spiro atoms. The molecular weight excluding hydrogens is 226 g/mol. The van der Waals surface area contributed by atoms with Gasteiger partial charge in [-0.25, -0.2) is 4.98 Å². The third-order valence-corrected chi connectivity index (χ3v) is 3.00. The van der Waals surface area contributed by atoms with E-state index in [9.17, 15) is 9.59 Å². The van der Waals surface area contributed by atoms with Crippen LogP contribution >= 0.6 is 11.3 Å².